The molecule has 1 N–H and O–H groups in total. The Morgan fingerprint density at radius 2 is 1.83 bits per heavy atom. The van der Waals surface area contributed by atoms with Gasteiger partial charge in [-0.2, -0.15) is 0 Å². The molecule has 118 valence electrons. The van der Waals surface area contributed by atoms with E-state index in [9.17, 15) is 4.21 Å². The summed E-state index contributed by atoms with van der Waals surface area (Å²) in [5.74, 6) is 1.69. The van der Waals surface area contributed by atoms with Crippen molar-refractivity contribution in [1.29, 1.82) is 4.78 Å². The minimum atomic E-state index is -2.09. The molecule has 3 rings (SSSR count). The zero-order chi connectivity index (χ0) is 16.2. The maximum Gasteiger partial charge on any atom is 0.240 e. The summed E-state index contributed by atoms with van der Waals surface area (Å²) in [6.07, 6.45) is 3.28. The van der Waals surface area contributed by atoms with E-state index in [1.807, 2.05) is 13.0 Å². The number of rotatable bonds is 5. The molecule has 1 atom stereocenters. The molecule has 2 heterocycles. The van der Waals surface area contributed by atoms with Gasteiger partial charge in [-0.05, 0) is 43.3 Å². The highest BCUT2D eigenvalue weighted by atomic mass is 32.2. The Morgan fingerprint density at radius 3 is 2.52 bits per heavy atom. The molecule has 0 saturated heterocycles. The molecule has 23 heavy (non-hydrogen) atoms. The fourth-order valence-corrected chi connectivity index (χ4v) is 2.56. The average Bonchev–Trinajstić information content (AvgIpc) is 2.56. The maximum atomic E-state index is 11.1. The standard InChI is InChI=1S/C16H15N3O3S/c1-2-21-16-15-13(7-9-19-16)14(8-10-18-15)22-11-3-5-12(6-4-11)23(17)20/h3-10,17,23H,2H2,1H3. The number of nitrogens with zero attached hydrogens (tertiary/aromatic N) is 2. The summed E-state index contributed by atoms with van der Waals surface area (Å²) in [6.45, 7) is 2.39. The highest BCUT2D eigenvalue weighted by Crippen LogP contribution is 2.31. The molecule has 2 aromatic heterocycles. The van der Waals surface area contributed by atoms with Crippen LogP contribution in [0.4, 0.5) is 0 Å². The molecule has 0 bridgehead atoms. The van der Waals surface area contributed by atoms with Gasteiger partial charge in [0.05, 0.1) is 22.6 Å². The highest BCUT2D eigenvalue weighted by Gasteiger charge is 2.10. The van der Waals surface area contributed by atoms with Crippen LogP contribution in [0.2, 0.25) is 0 Å². The number of hydrogen-bond acceptors (Lipinski definition) is 6. The molecule has 1 unspecified atom stereocenters. The van der Waals surface area contributed by atoms with E-state index in [2.05, 4.69) is 9.97 Å². The molecule has 1 aromatic carbocycles. The van der Waals surface area contributed by atoms with E-state index in [0.717, 1.165) is 5.39 Å². The van der Waals surface area contributed by atoms with Crippen molar-refractivity contribution in [2.24, 2.45) is 0 Å². The second-order valence-corrected chi connectivity index (χ2v) is 5.75. The molecule has 0 spiro atoms. The molecule has 3 aromatic rings. The third-order valence-electron chi connectivity index (χ3n) is 3.17. The minimum Gasteiger partial charge on any atom is -0.476 e. The number of benzene rings is 1. The summed E-state index contributed by atoms with van der Waals surface area (Å²) >= 11 is 0. The number of nitrogens with one attached hydrogen (secondary N) is 1. The summed E-state index contributed by atoms with van der Waals surface area (Å²) in [5.41, 5.74) is 0.637. The average molecular weight is 329 g/mol. The largest absolute Gasteiger partial charge is 0.476 e. The number of ether oxygens (including phenoxy) is 2. The Bertz CT molecular complexity index is 900. The van der Waals surface area contributed by atoms with Gasteiger partial charge in [0.1, 0.15) is 17.0 Å². The van der Waals surface area contributed by atoms with Gasteiger partial charge >= 0.3 is 0 Å². The van der Waals surface area contributed by atoms with Crippen molar-refractivity contribution in [3.05, 3.63) is 48.8 Å². The lowest BCUT2D eigenvalue weighted by atomic mass is 10.2. The molecule has 0 aliphatic rings. The summed E-state index contributed by atoms with van der Waals surface area (Å²) in [5, 5.41) is 0.793. The van der Waals surface area contributed by atoms with Crippen LogP contribution in [0.15, 0.2) is 53.7 Å². The van der Waals surface area contributed by atoms with E-state index >= 15 is 0 Å². The fraction of sp³-hybridized carbons (Fsp3) is 0.125. The first-order valence-electron chi connectivity index (χ1n) is 7.02. The lowest BCUT2D eigenvalue weighted by Crippen LogP contribution is -1.97. The van der Waals surface area contributed by atoms with Gasteiger partial charge in [0.2, 0.25) is 5.88 Å². The Labute approximate surface area is 135 Å². The first-order chi connectivity index (χ1) is 11.2. The topological polar surface area (TPSA) is 85.2 Å². The van der Waals surface area contributed by atoms with Crippen LogP contribution >= 0.6 is 0 Å². The Hall–Kier alpha value is -2.67. The van der Waals surface area contributed by atoms with E-state index in [0.29, 0.717) is 34.4 Å². The first-order valence-corrected chi connectivity index (χ1v) is 8.28. The van der Waals surface area contributed by atoms with Crippen LogP contribution < -0.4 is 9.47 Å². The SMILES string of the molecule is CCOc1nccc2c(Oc3ccc([SH](=N)=O)cc3)ccnc12. The lowest BCUT2D eigenvalue weighted by Gasteiger charge is -2.10. The normalized spacial score (nSPS) is 12.0. The Morgan fingerprint density at radius 1 is 1.09 bits per heavy atom. The molecule has 0 fully saturated rings. The second kappa shape index (κ2) is 6.62. The van der Waals surface area contributed by atoms with E-state index in [4.69, 9.17) is 14.3 Å². The van der Waals surface area contributed by atoms with Crippen molar-refractivity contribution in [1.82, 2.24) is 9.97 Å². The molecule has 0 amide bonds. The highest BCUT2D eigenvalue weighted by molar-refractivity contribution is 7.73. The predicted molar refractivity (Wildman–Crippen MR) is 87.7 cm³/mol. The van der Waals surface area contributed by atoms with Crippen LogP contribution in [0.25, 0.3) is 10.9 Å². The van der Waals surface area contributed by atoms with Crippen LogP contribution in [0.5, 0.6) is 17.4 Å². The Balaban J connectivity index is 1.98. The van der Waals surface area contributed by atoms with Crippen LogP contribution in [0.3, 0.4) is 0 Å². The lowest BCUT2D eigenvalue weighted by molar-refractivity contribution is 0.330. The van der Waals surface area contributed by atoms with E-state index in [-0.39, 0.29) is 0 Å². The van der Waals surface area contributed by atoms with Gasteiger partial charge in [0.25, 0.3) is 0 Å². The molecule has 6 nitrogen and oxygen atoms in total. The third-order valence-corrected chi connectivity index (χ3v) is 3.93. The molecule has 7 heteroatoms. The van der Waals surface area contributed by atoms with Crippen molar-refractivity contribution in [3.63, 3.8) is 0 Å². The van der Waals surface area contributed by atoms with E-state index < -0.39 is 10.6 Å². The van der Waals surface area contributed by atoms with Crippen LogP contribution in [0.1, 0.15) is 6.92 Å². The van der Waals surface area contributed by atoms with Gasteiger partial charge in [0.15, 0.2) is 0 Å². The molecule has 0 radical (unpaired) electrons. The molecule has 0 saturated carbocycles. The van der Waals surface area contributed by atoms with Gasteiger partial charge in [-0.1, -0.05) is 0 Å². The minimum absolute atomic E-state index is 0.467. The van der Waals surface area contributed by atoms with Crippen LogP contribution in [-0.2, 0) is 10.6 Å². The molecule has 0 aliphatic heterocycles. The summed E-state index contributed by atoms with van der Waals surface area (Å²) in [4.78, 5) is 8.96. The quantitative estimate of drug-likeness (QED) is 0.701. The van der Waals surface area contributed by atoms with E-state index in [1.54, 1.807) is 42.7 Å². The zero-order valence-electron chi connectivity index (χ0n) is 12.4. The second-order valence-electron chi connectivity index (χ2n) is 4.64. The number of hydrogen-bond donors (Lipinski definition) is 2. The monoisotopic (exact) mass is 329 g/mol. The number of pyridine rings is 2. The van der Waals surface area contributed by atoms with Gasteiger partial charge < -0.3 is 9.47 Å². The zero-order valence-corrected chi connectivity index (χ0v) is 13.3. The van der Waals surface area contributed by atoms with Gasteiger partial charge in [-0.3, -0.25) is 9.76 Å². The smallest absolute Gasteiger partial charge is 0.240 e. The fourth-order valence-electron chi connectivity index (χ4n) is 2.14. The number of thiol groups is 1. The first kappa shape index (κ1) is 15.2. The van der Waals surface area contributed by atoms with Crippen molar-refractivity contribution in [2.45, 2.75) is 11.8 Å². The predicted octanol–water partition coefficient (Wildman–Crippen LogP) is 3.42. The number of fused-ring (bicyclic) bond motifs is 1. The van der Waals surface area contributed by atoms with Crippen LogP contribution in [0, 0.1) is 4.78 Å². The van der Waals surface area contributed by atoms with Crippen molar-refractivity contribution in [2.75, 3.05) is 6.61 Å². The summed E-state index contributed by atoms with van der Waals surface area (Å²) in [6, 6.07) is 10.2. The number of aromatic nitrogens is 2. The summed E-state index contributed by atoms with van der Waals surface area (Å²) < 4.78 is 29.7. The maximum absolute atomic E-state index is 11.1. The van der Waals surface area contributed by atoms with Gasteiger partial charge in [0, 0.05) is 17.3 Å². The van der Waals surface area contributed by atoms with Crippen LogP contribution in [-0.4, -0.2) is 20.8 Å². The van der Waals surface area contributed by atoms with Crippen molar-refractivity contribution in [3.8, 4) is 17.4 Å². The van der Waals surface area contributed by atoms with Crippen molar-refractivity contribution >= 4 is 21.5 Å². The van der Waals surface area contributed by atoms with E-state index in [1.165, 1.54) is 0 Å². The van der Waals surface area contributed by atoms with Gasteiger partial charge in [-0.25, -0.2) is 9.19 Å². The molecule has 0 aliphatic carbocycles. The van der Waals surface area contributed by atoms with Crippen molar-refractivity contribution < 1.29 is 13.7 Å². The molecular weight excluding hydrogens is 314 g/mol. The van der Waals surface area contributed by atoms with Gasteiger partial charge in [-0.15, -0.1) is 0 Å². The molecular formula is C16H15N3O3S. The summed E-state index contributed by atoms with van der Waals surface area (Å²) in [7, 11) is -2.09. The Kier molecular flexibility index (Phi) is 4.38. The third kappa shape index (κ3) is 3.24.